The van der Waals surface area contributed by atoms with E-state index in [1.165, 1.54) is 49.0 Å². The number of esters is 1. The van der Waals surface area contributed by atoms with Crippen molar-refractivity contribution in [2.24, 2.45) is 4.85 Å². The first-order valence-corrected chi connectivity index (χ1v) is 13.8. The van der Waals surface area contributed by atoms with Crippen molar-refractivity contribution in [2.75, 3.05) is 24.7 Å². The van der Waals surface area contributed by atoms with E-state index in [2.05, 4.69) is 30.5 Å². The van der Waals surface area contributed by atoms with E-state index in [9.17, 15) is 14.8 Å². The maximum Gasteiger partial charge on any atom is 0.412 e. The number of imidazole rings is 1. The lowest BCUT2D eigenvalue weighted by Gasteiger charge is -2.27. The average molecular weight is 595 g/mol. The summed E-state index contributed by atoms with van der Waals surface area (Å²) in [5.74, 6) is 0.378. The predicted octanol–water partition coefficient (Wildman–Crippen LogP) is 1.59. The number of hydrogen-bond acceptors (Lipinski definition) is 13. The smallest absolute Gasteiger partial charge is 0.412 e. The summed E-state index contributed by atoms with van der Waals surface area (Å²) < 4.78 is 38.7. The van der Waals surface area contributed by atoms with Crippen LogP contribution in [0.4, 0.5) is 16.2 Å². The molecule has 15 nitrogen and oxygen atoms in total. The first kappa shape index (κ1) is 30.3. The molecule has 1 saturated heterocycles. The van der Waals surface area contributed by atoms with Crippen molar-refractivity contribution < 1.29 is 37.9 Å². The van der Waals surface area contributed by atoms with Crippen molar-refractivity contribution in [1.29, 1.82) is 0 Å². The van der Waals surface area contributed by atoms with Gasteiger partial charge in [0.2, 0.25) is 5.95 Å². The van der Waals surface area contributed by atoms with E-state index in [1.54, 1.807) is 20.9 Å². The minimum atomic E-state index is -2.53. The maximum atomic E-state index is 15.3. The molecule has 3 aromatic rings. The molecule has 1 aliphatic rings. The highest BCUT2D eigenvalue weighted by Gasteiger charge is 2.54. The molecule has 0 aliphatic carbocycles. The van der Waals surface area contributed by atoms with E-state index in [1.807, 2.05) is 0 Å². The van der Waals surface area contributed by atoms with Gasteiger partial charge < -0.3 is 35.3 Å². The largest absolute Gasteiger partial charge is 0.574 e. The van der Waals surface area contributed by atoms with Gasteiger partial charge in [-0.25, -0.2) is 9.37 Å². The molecular weight excluding hydrogens is 562 g/mol. The van der Waals surface area contributed by atoms with Gasteiger partial charge in [-0.2, -0.15) is 15.4 Å². The number of nitrogen functional groups attached to an aromatic ring is 1. The molecule has 41 heavy (non-hydrogen) atoms. The summed E-state index contributed by atoms with van der Waals surface area (Å²) in [5, 5.41) is 13.6. The lowest BCUT2D eigenvalue weighted by Crippen LogP contribution is -2.44. The van der Waals surface area contributed by atoms with Gasteiger partial charge in [-0.3, -0.25) is 13.9 Å². The Hall–Kier alpha value is -3.69. The number of benzene rings is 1. The van der Waals surface area contributed by atoms with Crippen molar-refractivity contribution in [3.8, 4) is 11.5 Å². The lowest BCUT2D eigenvalue weighted by molar-refractivity contribution is -0.169. The van der Waals surface area contributed by atoms with Crippen LogP contribution in [0.15, 0.2) is 35.4 Å². The molecule has 0 amide bonds. The van der Waals surface area contributed by atoms with E-state index < -0.39 is 44.3 Å². The number of aliphatic hydroxyl groups is 1. The highest BCUT2D eigenvalue weighted by atomic mass is 31.1. The van der Waals surface area contributed by atoms with Crippen molar-refractivity contribution in [3.63, 3.8) is 0 Å². The van der Waals surface area contributed by atoms with Gasteiger partial charge in [0.1, 0.15) is 30.1 Å². The van der Waals surface area contributed by atoms with Gasteiger partial charge in [0.25, 0.3) is 0 Å². The van der Waals surface area contributed by atoms with E-state index >= 15 is 4.39 Å². The van der Waals surface area contributed by atoms with Crippen molar-refractivity contribution in [2.45, 2.75) is 63.9 Å². The summed E-state index contributed by atoms with van der Waals surface area (Å²) in [6.45, 7) is 6.27. The fraction of sp³-hybridized carbons (Fsp3) is 0.500. The van der Waals surface area contributed by atoms with Crippen LogP contribution >= 0.6 is 8.17 Å². The quantitative estimate of drug-likeness (QED) is 0.142. The van der Waals surface area contributed by atoms with Crippen LogP contribution in [-0.4, -0.2) is 74.3 Å². The topological polar surface area (TPSA) is 203 Å². The zero-order valence-corrected chi connectivity index (χ0v) is 23.9. The number of nitrogens with one attached hydrogen (secondary N) is 2. The normalized spacial score (nSPS) is 23.5. The fourth-order valence-electron chi connectivity index (χ4n) is 3.98. The lowest BCUT2D eigenvalue weighted by atomic mass is 9.99. The van der Waals surface area contributed by atoms with Gasteiger partial charge in [0.05, 0.1) is 12.4 Å². The molecule has 4 rings (SSSR count). The Labute approximate surface area is 235 Å². The molecule has 5 N–H and O–H groups in total. The second-order valence-corrected chi connectivity index (χ2v) is 10.6. The van der Waals surface area contributed by atoms with Gasteiger partial charge in [0.15, 0.2) is 35.1 Å². The number of aliphatic hydroxyl groups excluding tert-OH is 1. The molecule has 0 radical (unpaired) electrons. The van der Waals surface area contributed by atoms with Crippen LogP contribution in [0.5, 0.6) is 11.5 Å². The minimum Gasteiger partial charge on any atom is -0.574 e. The number of fused-ring (bicyclic) bond motifs is 1. The number of carbonyl (C=O) groups excluding carboxylic acids is 1. The van der Waals surface area contributed by atoms with Crippen LogP contribution in [0.2, 0.25) is 0 Å². The average Bonchev–Trinajstić information content (AvgIpc) is 3.44. The number of hydrogen-bond donors (Lipinski definition) is 4. The van der Waals surface area contributed by atoms with E-state index in [0.717, 1.165) is 0 Å². The SMILES string of the molecule is CNc1nc(N)nc2c1ncn2[C@@H]1O[C@](C)(COc2ccc(O/[P+]([O-])=N/N[C@@H](C)C(=O)OC(C)C)cc2)[C@@H](O)[C@@H]1F. The molecule has 1 unspecified atom stereocenters. The van der Waals surface area contributed by atoms with Gasteiger partial charge in [-0.05, 0) is 52.0 Å². The van der Waals surface area contributed by atoms with E-state index in [4.69, 9.17) is 24.5 Å². The van der Waals surface area contributed by atoms with Crippen LogP contribution in [0, 0.1) is 0 Å². The molecule has 1 fully saturated rings. The third kappa shape index (κ3) is 6.80. The summed E-state index contributed by atoms with van der Waals surface area (Å²) in [7, 11) is -0.886. The zero-order valence-electron chi connectivity index (χ0n) is 23.0. The molecule has 1 aliphatic heterocycles. The Morgan fingerprint density at radius 1 is 1.32 bits per heavy atom. The maximum absolute atomic E-state index is 15.3. The molecule has 0 saturated carbocycles. The van der Waals surface area contributed by atoms with Crippen molar-refractivity contribution >= 4 is 37.1 Å². The third-order valence-electron chi connectivity index (χ3n) is 6.11. The van der Waals surface area contributed by atoms with Crippen LogP contribution in [0.1, 0.15) is 33.9 Å². The van der Waals surface area contributed by atoms with Crippen LogP contribution in [0.3, 0.4) is 0 Å². The predicted molar refractivity (Wildman–Crippen MR) is 144 cm³/mol. The van der Waals surface area contributed by atoms with Crippen LogP contribution in [-0.2, 0) is 14.3 Å². The minimum absolute atomic E-state index is 0.0357. The summed E-state index contributed by atoms with van der Waals surface area (Å²) in [6, 6.07) is 5.24. The molecule has 1 aromatic carbocycles. The molecule has 17 heteroatoms. The number of nitrogens with two attached hydrogens (primary N) is 1. The Morgan fingerprint density at radius 3 is 2.66 bits per heavy atom. The van der Waals surface area contributed by atoms with Crippen molar-refractivity contribution in [3.05, 3.63) is 30.6 Å². The highest BCUT2D eigenvalue weighted by Crippen LogP contribution is 2.41. The van der Waals surface area contributed by atoms with Crippen molar-refractivity contribution in [1.82, 2.24) is 24.9 Å². The second-order valence-electron chi connectivity index (χ2n) is 9.74. The first-order valence-electron chi connectivity index (χ1n) is 12.6. The number of anilines is 2. The standard InChI is InChI=1S/C24H32FN8O7P/c1-12(2)38-22(35)13(3)31-32-41(36)40-15-8-6-14(7-9-15)37-10-24(4)18(34)16(25)21(39-24)33-11-28-17-19(27-5)29-23(26)30-20(17)33/h6-9,11-13,16,18,21,31,34H,10H2,1-5H3,(H3,26,27,29,30)/t13-,16-,18-,21+,24+/m0/s1. The van der Waals surface area contributed by atoms with Crippen LogP contribution < -0.4 is 30.6 Å². The van der Waals surface area contributed by atoms with E-state index in [-0.39, 0.29) is 30.1 Å². The monoisotopic (exact) mass is 594 g/mol. The second kappa shape index (κ2) is 12.4. The number of rotatable bonds is 11. The number of aromatic nitrogens is 4. The third-order valence-corrected chi connectivity index (χ3v) is 6.76. The highest BCUT2D eigenvalue weighted by molar-refractivity contribution is 7.33. The number of nitrogens with zero attached hydrogens (tertiary/aromatic N) is 5. The number of ether oxygens (including phenoxy) is 3. The summed E-state index contributed by atoms with van der Waals surface area (Å²) >= 11 is 0. The molecule has 3 heterocycles. The summed E-state index contributed by atoms with van der Waals surface area (Å²) in [4.78, 5) is 40.0. The Bertz CT molecular complexity index is 1410. The molecule has 0 spiro atoms. The van der Waals surface area contributed by atoms with Gasteiger partial charge in [0, 0.05) is 11.9 Å². The molecule has 0 bridgehead atoms. The summed E-state index contributed by atoms with van der Waals surface area (Å²) in [6.07, 6.45) is -3.55. The molecular formula is C24H32FN8O7P. The number of alkyl halides is 1. The molecule has 222 valence electrons. The Balaban J connectivity index is 1.37. The fourth-order valence-corrected chi connectivity index (χ4v) is 4.59. The number of carbonyl (C=O) groups is 1. The Kier molecular flexibility index (Phi) is 9.19. The zero-order chi connectivity index (χ0) is 29.9. The molecule has 2 aromatic heterocycles. The Morgan fingerprint density at radius 2 is 2.00 bits per heavy atom. The van der Waals surface area contributed by atoms with E-state index in [0.29, 0.717) is 17.1 Å². The van der Waals surface area contributed by atoms with Gasteiger partial charge in [-0.1, -0.05) is 0 Å². The van der Waals surface area contributed by atoms with Crippen LogP contribution in [0.25, 0.3) is 11.2 Å². The van der Waals surface area contributed by atoms with Gasteiger partial charge in [-0.15, -0.1) is 0 Å². The first-order chi connectivity index (χ1) is 19.4. The molecule has 6 atom stereocenters. The van der Waals surface area contributed by atoms with Gasteiger partial charge >= 0.3 is 14.1 Å². The summed E-state index contributed by atoms with van der Waals surface area (Å²) in [5.41, 5.74) is 7.41. The number of halogens is 1.